The molecule has 0 radical (unpaired) electrons. The predicted molar refractivity (Wildman–Crippen MR) is 101 cm³/mol. The van der Waals surface area contributed by atoms with Crippen molar-refractivity contribution in [3.63, 3.8) is 0 Å². The van der Waals surface area contributed by atoms with Crippen molar-refractivity contribution in [2.45, 2.75) is 13.8 Å². The van der Waals surface area contributed by atoms with E-state index in [0.29, 0.717) is 22.7 Å². The van der Waals surface area contributed by atoms with Crippen LogP contribution in [0.1, 0.15) is 21.5 Å². The predicted octanol–water partition coefficient (Wildman–Crippen LogP) is 3.15. The quantitative estimate of drug-likeness (QED) is 0.574. The Morgan fingerprint density at radius 1 is 1.12 bits per heavy atom. The second-order valence-electron chi connectivity index (χ2n) is 5.42. The highest BCUT2D eigenvalue weighted by Gasteiger charge is 2.19. The molecule has 0 aliphatic rings. The van der Waals surface area contributed by atoms with Crippen LogP contribution in [0.4, 0.5) is 5.69 Å². The number of hydrogen-bond donors (Lipinski definition) is 3. The average molecular weight is 360 g/mol. The van der Waals surface area contributed by atoms with Crippen LogP contribution in [0.15, 0.2) is 30.3 Å². The molecule has 0 spiro atoms. The molecule has 0 bridgehead atoms. The van der Waals surface area contributed by atoms with Crippen LogP contribution in [-0.2, 0) is 0 Å². The van der Waals surface area contributed by atoms with Crippen LogP contribution in [-0.4, -0.2) is 30.3 Å². The first-order chi connectivity index (χ1) is 11.9. The third kappa shape index (κ3) is 4.19. The van der Waals surface area contributed by atoms with Gasteiger partial charge in [-0.3, -0.25) is 10.1 Å². The molecular weight excluding hydrogens is 340 g/mol. The number of benzene rings is 2. The summed E-state index contributed by atoms with van der Waals surface area (Å²) in [5, 5.41) is 15.6. The highest BCUT2D eigenvalue weighted by molar-refractivity contribution is 7.80. The summed E-state index contributed by atoms with van der Waals surface area (Å²) in [6.45, 7) is 3.69. The number of thiocarbonyl (C=S) groups is 1. The van der Waals surface area contributed by atoms with E-state index in [1.54, 1.807) is 31.2 Å². The van der Waals surface area contributed by atoms with E-state index in [1.807, 2.05) is 13.0 Å². The minimum Gasteiger partial charge on any atom is -0.505 e. The van der Waals surface area contributed by atoms with Crippen LogP contribution in [0.2, 0.25) is 0 Å². The Morgan fingerprint density at radius 2 is 1.72 bits per heavy atom. The van der Waals surface area contributed by atoms with Gasteiger partial charge in [0.05, 0.1) is 19.9 Å². The number of phenolic OH excluding ortho intramolecular Hbond substituents is 1. The van der Waals surface area contributed by atoms with E-state index in [4.69, 9.17) is 21.7 Å². The molecular formula is C18H20N2O4S. The summed E-state index contributed by atoms with van der Waals surface area (Å²) in [5.74, 6) is 0.343. The van der Waals surface area contributed by atoms with E-state index in [1.165, 1.54) is 14.2 Å². The Balaban J connectivity index is 2.21. The normalized spacial score (nSPS) is 10.1. The number of amides is 1. The lowest BCUT2D eigenvalue weighted by atomic mass is 10.1. The van der Waals surface area contributed by atoms with Gasteiger partial charge in [0.1, 0.15) is 22.8 Å². The van der Waals surface area contributed by atoms with Crippen molar-refractivity contribution in [1.82, 2.24) is 5.32 Å². The molecule has 3 N–H and O–H groups in total. The van der Waals surface area contributed by atoms with Gasteiger partial charge in [0.2, 0.25) is 0 Å². The topological polar surface area (TPSA) is 79.8 Å². The van der Waals surface area contributed by atoms with Crippen molar-refractivity contribution in [2.75, 3.05) is 19.5 Å². The van der Waals surface area contributed by atoms with Gasteiger partial charge in [0, 0.05) is 0 Å². The molecule has 0 aliphatic heterocycles. The third-order valence-corrected chi connectivity index (χ3v) is 3.78. The Hall–Kier alpha value is -2.80. The largest absolute Gasteiger partial charge is 0.505 e. The van der Waals surface area contributed by atoms with Crippen LogP contribution in [0.3, 0.4) is 0 Å². The molecule has 25 heavy (non-hydrogen) atoms. The summed E-state index contributed by atoms with van der Waals surface area (Å²) < 4.78 is 10.4. The van der Waals surface area contributed by atoms with Crippen LogP contribution >= 0.6 is 12.2 Å². The van der Waals surface area contributed by atoms with Crippen LogP contribution in [0.25, 0.3) is 0 Å². The van der Waals surface area contributed by atoms with Gasteiger partial charge in [0.15, 0.2) is 5.11 Å². The number of nitrogens with one attached hydrogen (secondary N) is 2. The first kappa shape index (κ1) is 18.5. The number of hydrogen-bond acceptors (Lipinski definition) is 5. The minimum atomic E-state index is -0.476. The molecule has 0 heterocycles. The van der Waals surface area contributed by atoms with Crippen LogP contribution in [0, 0.1) is 13.8 Å². The molecule has 1 amide bonds. The number of aryl methyl sites for hydroxylation is 2. The summed E-state index contributed by atoms with van der Waals surface area (Å²) in [6, 6.07) is 8.62. The van der Waals surface area contributed by atoms with Gasteiger partial charge in [-0.25, -0.2) is 0 Å². The first-order valence-corrected chi connectivity index (χ1v) is 7.91. The summed E-state index contributed by atoms with van der Waals surface area (Å²) in [4.78, 5) is 12.6. The van der Waals surface area contributed by atoms with Gasteiger partial charge in [-0.1, -0.05) is 12.1 Å². The summed E-state index contributed by atoms with van der Waals surface area (Å²) in [7, 11) is 2.94. The van der Waals surface area contributed by atoms with E-state index in [0.717, 1.165) is 5.56 Å². The van der Waals surface area contributed by atoms with Crippen molar-refractivity contribution >= 4 is 28.9 Å². The fraction of sp³-hybridized carbons (Fsp3) is 0.222. The fourth-order valence-corrected chi connectivity index (χ4v) is 2.65. The van der Waals surface area contributed by atoms with E-state index in [2.05, 4.69) is 10.6 Å². The number of rotatable bonds is 4. The number of aromatic hydroxyl groups is 1. The van der Waals surface area contributed by atoms with E-state index in [-0.39, 0.29) is 16.4 Å². The molecule has 0 aromatic heterocycles. The maximum absolute atomic E-state index is 12.6. The monoisotopic (exact) mass is 360 g/mol. The second kappa shape index (κ2) is 7.85. The van der Waals surface area contributed by atoms with Gasteiger partial charge in [-0.2, -0.15) is 0 Å². The second-order valence-corrected chi connectivity index (χ2v) is 5.83. The molecule has 0 saturated carbocycles. The number of carbonyl (C=O) groups is 1. The summed E-state index contributed by atoms with van der Waals surface area (Å²) in [5.41, 5.74) is 2.33. The molecule has 0 atom stereocenters. The Kier molecular flexibility index (Phi) is 5.82. The number of methoxy groups -OCH3 is 2. The molecule has 0 fully saturated rings. The van der Waals surface area contributed by atoms with Crippen molar-refractivity contribution < 1.29 is 19.4 Å². The molecule has 2 aromatic rings. The zero-order valence-corrected chi connectivity index (χ0v) is 15.3. The lowest BCUT2D eigenvalue weighted by molar-refractivity contribution is 0.0971. The van der Waals surface area contributed by atoms with Crippen LogP contribution in [0.5, 0.6) is 17.2 Å². The maximum atomic E-state index is 12.6. The number of ether oxygens (including phenoxy) is 2. The van der Waals surface area contributed by atoms with E-state index in [9.17, 15) is 9.90 Å². The molecule has 2 rings (SSSR count). The van der Waals surface area contributed by atoms with Crippen LogP contribution < -0.4 is 20.1 Å². The molecule has 6 nitrogen and oxygen atoms in total. The van der Waals surface area contributed by atoms with Gasteiger partial charge >= 0.3 is 0 Å². The zero-order chi connectivity index (χ0) is 18.6. The molecule has 0 unspecified atom stereocenters. The zero-order valence-electron chi connectivity index (χ0n) is 14.5. The summed E-state index contributed by atoms with van der Waals surface area (Å²) in [6.07, 6.45) is 0. The number of phenols is 1. The molecule has 2 aromatic carbocycles. The highest BCUT2D eigenvalue weighted by Crippen LogP contribution is 2.29. The number of carbonyl (C=O) groups excluding carboxylic acids is 1. The first-order valence-electron chi connectivity index (χ1n) is 7.51. The third-order valence-electron chi connectivity index (χ3n) is 3.57. The van der Waals surface area contributed by atoms with Crippen molar-refractivity contribution in [2.24, 2.45) is 0 Å². The minimum absolute atomic E-state index is 0.0539. The lowest BCUT2D eigenvalue weighted by Crippen LogP contribution is -2.34. The van der Waals surface area contributed by atoms with E-state index < -0.39 is 5.91 Å². The Morgan fingerprint density at radius 3 is 2.28 bits per heavy atom. The molecule has 0 saturated heterocycles. The average Bonchev–Trinajstić information content (AvgIpc) is 2.58. The van der Waals surface area contributed by atoms with Crippen molar-refractivity contribution in [1.29, 1.82) is 0 Å². The molecule has 0 aliphatic carbocycles. The maximum Gasteiger partial charge on any atom is 0.264 e. The smallest absolute Gasteiger partial charge is 0.264 e. The lowest BCUT2D eigenvalue weighted by Gasteiger charge is -2.15. The highest BCUT2D eigenvalue weighted by atomic mass is 32.1. The van der Waals surface area contributed by atoms with E-state index >= 15 is 0 Å². The SMILES string of the molecule is COc1cccc(OC)c1C(=O)NC(=S)Nc1cc(C)cc(C)c1O. The number of anilines is 1. The van der Waals surface area contributed by atoms with Gasteiger partial charge in [0.25, 0.3) is 5.91 Å². The van der Waals surface area contributed by atoms with Crippen molar-refractivity contribution in [3.8, 4) is 17.2 Å². The molecule has 7 heteroatoms. The van der Waals surface area contributed by atoms with Gasteiger partial charge in [-0.05, 0) is 55.4 Å². The summed E-state index contributed by atoms with van der Waals surface area (Å²) >= 11 is 5.18. The van der Waals surface area contributed by atoms with Gasteiger partial charge < -0.3 is 19.9 Å². The fourth-order valence-electron chi connectivity index (χ4n) is 2.45. The standard InChI is InChI=1S/C18H20N2O4S/c1-10-8-11(2)16(21)12(9-10)19-18(25)20-17(22)15-13(23-3)6-5-7-14(15)24-4/h5-9,21H,1-4H3,(H2,19,20,22,25). The Labute approximate surface area is 151 Å². The van der Waals surface area contributed by atoms with Crippen molar-refractivity contribution in [3.05, 3.63) is 47.0 Å². The molecule has 132 valence electrons. The van der Waals surface area contributed by atoms with Gasteiger partial charge in [-0.15, -0.1) is 0 Å². The Bertz CT molecular complexity index is 799.